The molecule has 0 aliphatic rings. The van der Waals surface area contributed by atoms with Crippen molar-refractivity contribution in [3.8, 4) is 5.75 Å². The van der Waals surface area contributed by atoms with Crippen LogP contribution >= 0.6 is 15.9 Å². The van der Waals surface area contributed by atoms with Crippen molar-refractivity contribution in [1.29, 1.82) is 0 Å². The van der Waals surface area contributed by atoms with Gasteiger partial charge in [0.1, 0.15) is 12.4 Å². The fourth-order valence-electron chi connectivity index (χ4n) is 1.17. The summed E-state index contributed by atoms with van der Waals surface area (Å²) in [4.78, 5) is 0. The lowest BCUT2D eigenvalue weighted by atomic mass is 10.1. The van der Waals surface area contributed by atoms with Gasteiger partial charge < -0.3 is 9.84 Å². The Morgan fingerprint density at radius 2 is 1.94 bits per heavy atom. The number of aryl methyl sites for hydroxylation is 1. The topological polar surface area (TPSA) is 29.5 Å². The lowest BCUT2D eigenvalue weighted by molar-refractivity contribution is 0.126. The average molecular weight is 289 g/mol. The minimum absolute atomic E-state index is 0.336. The smallest absolute Gasteiger partial charge is 0.122 e. The van der Waals surface area contributed by atoms with Gasteiger partial charge in [-0.2, -0.15) is 0 Å². The Morgan fingerprint density at radius 3 is 2.50 bits per heavy atom. The number of alkyl halides is 1. The molecule has 1 aromatic rings. The Bertz CT molecular complexity index is 276. The quantitative estimate of drug-likeness (QED) is 0.842. The fraction of sp³-hybridized carbons (Fsp3) is 0.538. The van der Waals surface area contributed by atoms with Crippen molar-refractivity contribution >= 4 is 15.9 Å². The molecule has 1 N–H and O–H groups in total. The molecule has 92 valence electrons. The van der Waals surface area contributed by atoms with Crippen LogP contribution in [0.3, 0.4) is 0 Å². The van der Waals surface area contributed by atoms with Crippen molar-refractivity contribution in [3.05, 3.63) is 29.8 Å². The van der Waals surface area contributed by atoms with Gasteiger partial charge >= 0.3 is 0 Å². The largest absolute Gasteiger partial charge is 0.491 e. The van der Waals surface area contributed by atoms with Gasteiger partial charge in [0.05, 0.1) is 6.10 Å². The van der Waals surface area contributed by atoms with E-state index in [0.29, 0.717) is 11.9 Å². The summed E-state index contributed by atoms with van der Waals surface area (Å²) >= 11 is 3.19. The molecule has 0 aliphatic carbocycles. The molecule has 0 bridgehead atoms. The van der Waals surface area contributed by atoms with Crippen LogP contribution in [0, 0.1) is 0 Å². The van der Waals surface area contributed by atoms with Gasteiger partial charge in [0.25, 0.3) is 0 Å². The van der Waals surface area contributed by atoms with Crippen molar-refractivity contribution < 1.29 is 9.84 Å². The molecule has 0 radical (unpaired) electrons. The second kappa shape index (κ2) is 9.67. The van der Waals surface area contributed by atoms with Crippen LogP contribution in [0.15, 0.2) is 24.3 Å². The third kappa shape index (κ3) is 5.52. The standard InChI is InChI=1S/C11H15BrO2.C2H6/c1-2-9-5-3-4-6-11(9)14-8-10(13)7-12;1-2/h3-6,10,13H,2,7-8H2,1H3;1-2H3. The number of halogens is 1. The summed E-state index contributed by atoms with van der Waals surface area (Å²) in [5.74, 6) is 0.870. The van der Waals surface area contributed by atoms with Crippen LogP contribution in [0.5, 0.6) is 5.75 Å². The first kappa shape index (κ1) is 15.5. The highest BCUT2D eigenvalue weighted by molar-refractivity contribution is 9.09. The molecular weight excluding hydrogens is 268 g/mol. The molecule has 1 unspecified atom stereocenters. The molecule has 16 heavy (non-hydrogen) atoms. The molecule has 0 amide bonds. The van der Waals surface area contributed by atoms with Crippen LogP contribution in [0.4, 0.5) is 0 Å². The van der Waals surface area contributed by atoms with Crippen molar-refractivity contribution in [2.75, 3.05) is 11.9 Å². The van der Waals surface area contributed by atoms with Crippen molar-refractivity contribution in [2.45, 2.75) is 33.3 Å². The third-order valence-electron chi connectivity index (χ3n) is 1.96. The molecule has 3 heteroatoms. The van der Waals surface area contributed by atoms with Crippen LogP contribution in [0.25, 0.3) is 0 Å². The molecule has 0 saturated heterocycles. The molecule has 2 nitrogen and oxygen atoms in total. The Balaban J connectivity index is 0.00000106. The molecule has 0 aromatic heterocycles. The van der Waals surface area contributed by atoms with E-state index in [1.165, 1.54) is 5.56 Å². The van der Waals surface area contributed by atoms with Crippen LogP contribution in [-0.4, -0.2) is 23.1 Å². The predicted octanol–water partition coefficient (Wildman–Crippen LogP) is 3.41. The normalized spacial score (nSPS) is 11.3. The second-order valence-electron chi connectivity index (χ2n) is 3.08. The lowest BCUT2D eigenvalue weighted by Gasteiger charge is -2.12. The van der Waals surface area contributed by atoms with Gasteiger partial charge in [-0.1, -0.05) is 54.9 Å². The van der Waals surface area contributed by atoms with E-state index >= 15 is 0 Å². The van der Waals surface area contributed by atoms with Gasteiger partial charge in [0, 0.05) is 5.33 Å². The number of aliphatic hydroxyl groups excluding tert-OH is 1. The Labute approximate surface area is 107 Å². The van der Waals surface area contributed by atoms with Crippen LogP contribution < -0.4 is 4.74 Å². The summed E-state index contributed by atoms with van der Waals surface area (Å²) in [7, 11) is 0. The van der Waals surface area contributed by atoms with E-state index in [2.05, 4.69) is 22.9 Å². The number of para-hydroxylation sites is 1. The summed E-state index contributed by atoms with van der Waals surface area (Å²) < 4.78 is 5.50. The van der Waals surface area contributed by atoms with Gasteiger partial charge in [-0.3, -0.25) is 0 Å². The predicted molar refractivity (Wildman–Crippen MR) is 72.5 cm³/mol. The number of benzene rings is 1. The molecular formula is C13H21BrO2. The number of aliphatic hydroxyl groups is 1. The third-order valence-corrected chi connectivity index (χ3v) is 2.71. The number of hydrogen-bond donors (Lipinski definition) is 1. The monoisotopic (exact) mass is 288 g/mol. The first-order valence-corrected chi connectivity index (χ1v) is 6.84. The van der Waals surface area contributed by atoms with Gasteiger partial charge in [0.15, 0.2) is 0 Å². The zero-order valence-electron chi connectivity index (χ0n) is 10.2. The average Bonchev–Trinajstić information content (AvgIpc) is 2.38. The minimum atomic E-state index is -0.445. The summed E-state index contributed by atoms with van der Waals surface area (Å²) in [5, 5.41) is 9.85. The first-order chi connectivity index (χ1) is 7.77. The van der Waals surface area contributed by atoms with E-state index < -0.39 is 6.10 Å². The molecule has 1 rings (SSSR count). The van der Waals surface area contributed by atoms with Gasteiger partial charge in [0.2, 0.25) is 0 Å². The second-order valence-corrected chi connectivity index (χ2v) is 3.73. The zero-order chi connectivity index (χ0) is 12.4. The number of hydrogen-bond acceptors (Lipinski definition) is 2. The number of rotatable bonds is 5. The zero-order valence-corrected chi connectivity index (χ0v) is 11.8. The van der Waals surface area contributed by atoms with Crippen molar-refractivity contribution in [2.24, 2.45) is 0 Å². The van der Waals surface area contributed by atoms with Crippen LogP contribution in [0.1, 0.15) is 26.3 Å². The minimum Gasteiger partial charge on any atom is -0.491 e. The van der Waals surface area contributed by atoms with Crippen LogP contribution in [0.2, 0.25) is 0 Å². The molecule has 0 aliphatic heterocycles. The summed E-state index contributed by atoms with van der Waals surface area (Å²) in [5.41, 5.74) is 1.18. The maximum Gasteiger partial charge on any atom is 0.122 e. The summed E-state index contributed by atoms with van der Waals surface area (Å²) in [6.07, 6.45) is 0.500. The van der Waals surface area contributed by atoms with Gasteiger partial charge in [-0.25, -0.2) is 0 Å². The molecule has 0 saturated carbocycles. The Hall–Kier alpha value is -0.540. The Morgan fingerprint density at radius 1 is 1.31 bits per heavy atom. The maximum atomic E-state index is 9.31. The van der Waals surface area contributed by atoms with Crippen LogP contribution in [-0.2, 0) is 6.42 Å². The van der Waals surface area contributed by atoms with Gasteiger partial charge in [-0.05, 0) is 18.1 Å². The van der Waals surface area contributed by atoms with Gasteiger partial charge in [-0.15, -0.1) is 0 Å². The Kier molecular flexibility index (Phi) is 9.34. The first-order valence-electron chi connectivity index (χ1n) is 5.72. The van der Waals surface area contributed by atoms with E-state index in [9.17, 15) is 5.11 Å². The molecule has 0 spiro atoms. The van der Waals surface area contributed by atoms with E-state index in [-0.39, 0.29) is 0 Å². The summed E-state index contributed by atoms with van der Waals surface area (Å²) in [6, 6.07) is 7.90. The lowest BCUT2D eigenvalue weighted by Crippen LogP contribution is -2.19. The van der Waals surface area contributed by atoms with E-state index in [1.54, 1.807) is 0 Å². The van der Waals surface area contributed by atoms with Crippen molar-refractivity contribution in [3.63, 3.8) is 0 Å². The molecule has 0 fully saturated rings. The highest BCUT2D eigenvalue weighted by Gasteiger charge is 2.04. The molecule has 1 aromatic carbocycles. The maximum absolute atomic E-state index is 9.31. The SMILES string of the molecule is CC.CCc1ccccc1OCC(O)CBr. The number of ether oxygens (including phenoxy) is 1. The van der Waals surface area contributed by atoms with E-state index in [1.807, 2.05) is 38.1 Å². The van der Waals surface area contributed by atoms with Crippen molar-refractivity contribution in [1.82, 2.24) is 0 Å². The highest BCUT2D eigenvalue weighted by Crippen LogP contribution is 2.18. The molecule has 0 heterocycles. The van der Waals surface area contributed by atoms with E-state index in [0.717, 1.165) is 12.2 Å². The fourth-order valence-corrected chi connectivity index (χ4v) is 1.35. The summed E-state index contributed by atoms with van der Waals surface area (Å²) in [6.45, 7) is 6.42. The highest BCUT2D eigenvalue weighted by atomic mass is 79.9. The molecule has 1 atom stereocenters. The van der Waals surface area contributed by atoms with E-state index in [4.69, 9.17) is 4.74 Å².